The van der Waals surface area contributed by atoms with E-state index in [9.17, 15) is 25.9 Å². The fourth-order valence-corrected chi connectivity index (χ4v) is 11.1. The lowest BCUT2D eigenvalue weighted by Crippen LogP contribution is -2.52. The van der Waals surface area contributed by atoms with Crippen molar-refractivity contribution in [1.29, 1.82) is 0 Å². The van der Waals surface area contributed by atoms with Gasteiger partial charge in [-0.05, 0) is 114 Å². The molecule has 3 aliphatic rings. The van der Waals surface area contributed by atoms with Gasteiger partial charge in [0, 0.05) is 46.0 Å². The Morgan fingerprint density at radius 2 is 1.26 bits per heavy atom. The van der Waals surface area contributed by atoms with Crippen LogP contribution in [0.5, 0.6) is 0 Å². The van der Waals surface area contributed by atoms with Gasteiger partial charge < -0.3 is 9.80 Å². The maximum absolute atomic E-state index is 11.6. The lowest BCUT2D eigenvalue weighted by molar-refractivity contribution is 0.349. The smallest absolute Gasteiger partial charge is 0.264 e. The number of benzene rings is 4. The van der Waals surface area contributed by atoms with Gasteiger partial charge in [-0.2, -0.15) is 16.8 Å². The SMILES string of the molecule is CC1(C)/C(=C\C=C2/CCCC(/C=C/C3(C)N(CCCCS(=O)(=O)O)c4ccc5ccccc5c4C3(C)C)=C2Cl)N(CCCCS(=O)(=O)O)c2ccc3ccccc3c21. The number of hydrogen-bond acceptors (Lipinski definition) is 6. The minimum Gasteiger partial charge on any atom is -0.362 e. The largest absolute Gasteiger partial charge is 0.362 e. The molecule has 0 saturated carbocycles. The molecule has 1 aliphatic carbocycles. The highest BCUT2D eigenvalue weighted by Crippen LogP contribution is 2.55. The Hall–Kier alpha value is -3.93. The number of anilines is 2. The monoisotopic (exact) mass is 842 g/mol. The van der Waals surface area contributed by atoms with E-state index in [1.165, 1.54) is 32.7 Å². The number of rotatable bonds is 13. The Balaban J connectivity index is 1.24. The Morgan fingerprint density at radius 3 is 1.88 bits per heavy atom. The van der Waals surface area contributed by atoms with Crippen molar-refractivity contribution in [2.75, 3.05) is 34.4 Å². The zero-order chi connectivity index (χ0) is 41.7. The number of fused-ring (bicyclic) bond motifs is 6. The quantitative estimate of drug-likeness (QED) is 0.101. The van der Waals surface area contributed by atoms with Gasteiger partial charge in [0.25, 0.3) is 20.2 Å². The molecule has 0 aromatic heterocycles. The summed E-state index contributed by atoms with van der Waals surface area (Å²) >= 11 is 7.35. The molecule has 2 aliphatic heterocycles. The van der Waals surface area contributed by atoms with Gasteiger partial charge in [-0.25, -0.2) is 0 Å². The first-order valence-corrected chi connectivity index (χ1v) is 23.9. The van der Waals surface area contributed by atoms with Crippen LogP contribution in [0.2, 0.25) is 0 Å². The highest BCUT2D eigenvalue weighted by atomic mass is 35.5. The van der Waals surface area contributed by atoms with Crippen LogP contribution >= 0.6 is 11.6 Å². The lowest BCUT2D eigenvalue weighted by atomic mass is 9.69. The molecule has 4 aromatic rings. The average molecular weight is 844 g/mol. The minimum atomic E-state index is -4.04. The molecule has 8 nitrogen and oxygen atoms in total. The van der Waals surface area contributed by atoms with Gasteiger partial charge in [-0.3, -0.25) is 9.11 Å². The molecule has 0 bridgehead atoms. The van der Waals surface area contributed by atoms with Crippen LogP contribution in [-0.4, -0.2) is 56.1 Å². The van der Waals surface area contributed by atoms with E-state index in [0.717, 1.165) is 52.5 Å². The normalized spacial score (nSPS) is 21.9. The van der Waals surface area contributed by atoms with E-state index >= 15 is 0 Å². The molecule has 4 aromatic carbocycles. The molecule has 0 amide bonds. The van der Waals surface area contributed by atoms with Crippen molar-refractivity contribution in [3.63, 3.8) is 0 Å². The number of nitrogens with zero attached hydrogens (tertiary/aromatic N) is 2. The summed E-state index contributed by atoms with van der Waals surface area (Å²) in [6.45, 7) is 12.5. The van der Waals surface area contributed by atoms with Crippen LogP contribution < -0.4 is 9.80 Å². The standard InChI is InChI=1S/C47H55ClN2O6S2/c1-45(2)41(49(29-10-12-31-57(51,52)53)39-24-21-33-15-6-8-19-37(33)42(39)45)26-23-35-17-14-18-36(44(35)48)27-28-47(5)46(3,4)43-38-20-9-7-16-34(38)22-25-40(43)50(47)30-11-13-32-58(54,55)56/h6-9,15-16,19-28H,10-14,17-18,29-32H2,1-5H3,(H,51,52,53)(H,54,55,56)/b28-27+,35-23+,41-26+. The van der Waals surface area contributed by atoms with Crippen molar-refractivity contribution < 1.29 is 25.9 Å². The molecule has 58 heavy (non-hydrogen) atoms. The summed E-state index contributed by atoms with van der Waals surface area (Å²) in [6.07, 6.45) is 13.4. The van der Waals surface area contributed by atoms with Crippen molar-refractivity contribution in [3.8, 4) is 0 Å². The van der Waals surface area contributed by atoms with Gasteiger partial charge in [0.2, 0.25) is 0 Å². The van der Waals surface area contributed by atoms with Crippen LogP contribution in [0.4, 0.5) is 11.4 Å². The Bertz CT molecular complexity index is 2610. The zero-order valence-corrected chi connectivity index (χ0v) is 36.5. The molecule has 7 rings (SSSR count). The summed E-state index contributed by atoms with van der Waals surface area (Å²) in [5, 5.41) is 5.49. The molecule has 0 fully saturated rings. The highest BCUT2D eigenvalue weighted by Gasteiger charge is 2.53. The van der Waals surface area contributed by atoms with E-state index in [1.54, 1.807) is 0 Å². The third-order valence-corrected chi connectivity index (χ3v) is 15.1. The summed E-state index contributed by atoms with van der Waals surface area (Å²) in [5.74, 6) is -0.528. The highest BCUT2D eigenvalue weighted by molar-refractivity contribution is 7.86. The molecule has 2 heterocycles. The van der Waals surface area contributed by atoms with Crippen LogP contribution in [-0.2, 0) is 31.1 Å². The van der Waals surface area contributed by atoms with E-state index in [2.05, 4.69) is 142 Å². The van der Waals surface area contributed by atoms with E-state index in [0.29, 0.717) is 38.8 Å². The topological polar surface area (TPSA) is 115 Å². The zero-order valence-electron chi connectivity index (χ0n) is 34.1. The molecule has 1 unspecified atom stereocenters. The molecule has 11 heteroatoms. The third kappa shape index (κ3) is 8.03. The summed E-state index contributed by atoms with van der Waals surface area (Å²) in [5.41, 5.74) is 6.83. The predicted octanol–water partition coefficient (Wildman–Crippen LogP) is 11.0. The molecule has 0 spiro atoms. The van der Waals surface area contributed by atoms with Crippen LogP contribution in [0.25, 0.3) is 21.5 Å². The van der Waals surface area contributed by atoms with Crippen LogP contribution in [0.3, 0.4) is 0 Å². The second-order valence-electron chi connectivity index (χ2n) is 17.3. The maximum atomic E-state index is 11.6. The molecule has 0 radical (unpaired) electrons. The Morgan fingerprint density at radius 1 is 0.690 bits per heavy atom. The van der Waals surface area contributed by atoms with Crippen molar-refractivity contribution in [2.24, 2.45) is 0 Å². The Labute approximate surface area is 349 Å². The minimum absolute atomic E-state index is 0.263. The van der Waals surface area contributed by atoms with Crippen LogP contribution in [0.15, 0.2) is 119 Å². The van der Waals surface area contributed by atoms with Crippen molar-refractivity contribution in [3.05, 3.63) is 130 Å². The van der Waals surface area contributed by atoms with Gasteiger partial charge in [0.15, 0.2) is 0 Å². The van der Waals surface area contributed by atoms with Gasteiger partial charge in [0.1, 0.15) is 0 Å². The van der Waals surface area contributed by atoms with Gasteiger partial charge in [0.05, 0.1) is 17.0 Å². The van der Waals surface area contributed by atoms with Gasteiger partial charge in [-0.1, -0.05) is 118 Å². The maximum Gasteiger partial charge on any atom is 0.264 e. The summed E-state index contributed by atoms with van der Waals surface area (Å²) in [7, 11) is -8.08. The first-order chi connectivity index (χ1) is 27.3. The molecule has 1 atom stereocenters. The fourth-order valence-electron chi connectivity index (χ4n) is 9.67. The summed E-state index contributed by atoms with van der Waals surface area (Å²) in [6, 6.07) is 25.5. The van der Waals surface area contributed by atoms with E-state index < -0.39 is 25.8 Å². The number of allylic oxidation sites excluding steroid dienone is 7. The molecule has 0 saturated heterocycles. The van der Waals surface area contributed by atoms with Gasteiger partial charge in [-0.15, -0.1) is 0 Å². The van der Waals surface area contributed by atoms with Gasteiger partial charge >= 0.3 is 0 Å². The number of halogens is 1. The fraction of sp³-hybridized carbons (Fsp3) is 0.404. The molecular formula is C47H55ClN2O6S2. The predicted molar refractivity (Wildman–Crippen MR) is 240 cm³/mol. The summed E-state index contributed by atoms with van der Waals surface area (Å²) in [4.78, 5) is 4.71. The van der Waals surface area contributed by atoms with E-state index in [1.807, 2.05) is 0 Å². The second kappa shape index (κ2) is 15.9. The Kier molecular flexibility index (Phi) is 11.6. The summed E-state index contributed by atoms with van der Waals surface area (Å²) < 4.78 is 65.0. The van der Waals surface area contributed by atoms with Crippen molar-refractivity contribution in [1.82, 2.24) is 0 Å². The number of unbranched alkanes of at least 4 members (excludes halogenated alkanes) is 2. The van der Waals surface area contributed by atoms with Crippen molar-refractivity contribution >= 4 is 64.8 Å². The average Bonchev–Trinajstić information content (AvgIpc) is 3.49. The van der Waals surface area contributed by atoms with Crippen molar-refractivity contribution in [2.45, 2.75) is 95.9 Å². The van der Waals surface area contributed by atoms with E-state index in [4.69, 9.17) is 11.6 Å². The van der Waals surface area contributed by atoms with Crippen LogP contribution in [0, 0.1) is 0 Å². The second-order valence-corrected chi connectivity index (χ2v) is 20.8. The third-order valence-electron chi connectivity index (χ3n) is 13.0. The first-order valence-electron chi connectivity index (χ1n) is 20.3. The van der Waals surface area contributed by atoms with Crippen LogP contribution in [0.1, 0.15) is 90.7 Å². The molecule has 308 valence electrons. The van der Waals surface area contributed by atoms with E-state index in [-0.39, 0.29) is 22.3 Å². The first kappa shape index (κ1) is 42.2. The molecule has 2 N–H and O–H groups in total. The lowest BCUT2D eigenvalue weighted by Gasteiger charge is -2.44. The number of hydrogen-bond donors (Lipinski definition) is 2. The molecular weight excluding hydrogens is 788 g/mol.